The lowest BCUT2D eigenvalue weighted by Crippen LogP contribution is -2.23. The Bertz CT molecular complexity index is 1150. The molecule has 5 nitrogen and oxygen atoms in total. The van der Waals surface area contributed by atoms with E-state index in [0.717, 1.165) is 0 Å². The third-order valence-electron chi connectivity index (χ3n) is 4.21. The summed E-state index contributed by atoms with van der Waals surface area (Å²) in [5.74, 6) is -0.785. The first-order valence-corrected chi connectivity index (χ1v) is 10.5. The summed E-state index contributed by atoms with van der Waals surface area (Å²) in [5, 5.41) is 3.12. The number of rotatable bonds is 6. The first kappa shape index (κ1) is 20.8. The third kappa shape index (κ3) is 5.34. The van der Waals surface area contributed by atoms with E-state index in [1.807, 2.05) is 0 Å². The smallest absolute Gasteiger partial charge is 0.261 e. The summed E-state index contributed by atoms with van der Waals surface area (Å²) < 4.78 is 40.9. The molecule has 0 saturated carbocycles. The van der Waals surface area contributed by atoms with Crippen LogP contribution in [-0.2, 0) is 16.6 Å². The Morgan fingerprint density at radius 2 is 1.76 bits per heavy atom. The lowest BCUT2D eigenvalue weighted by molar-refractivity contribution is 0.0951. The lowest BCUT2D eigenvalue weighted by atomic mass is 10.1. The standard InChI is InChI=1S/C21H18ClFN2O3S/c1-14-5-6-16(21(26)24-13-15-3-2-4-18(23)11-15)12-20(14)25-29(27,28)19-9-7-17(22)8-10-19/h2-12,25H,13H2,1H3,(H,24,26). The number of hydrogen-bond donors (Lipinski definition) is 2. The number of halogens is 2. The zero-order valence-electron chi connectivity index (χ0n) is 15.4. The first-order chi connectivity index (χ1) is 13.7. The molecule has 0 unspecified atom stereocenters. The van der Waals surface area contributed by atoms with Crippen molar-refractivity contribution in [2.45, 2.75) is 18.4 Å². The summed E-state index contributed by atoms with van der Waals surface area (Å²) in [7, 11) is -3.84. The van der Waals surface area contributed by atoms with Crippen molar-refractivity contribution in [3.8, 4) is 0 Å². The van der Waals surface area contributed by atoms with Gasteiger partial charge < -0.3 is 5.32 Å². The van der Waals surface area contributed by atoms with E-state index in [-0.39, 0.29) is 22.8 Å². The monoisotopic (exact) mass is 432 g/mol. The van der Waals surface area contributed by atoms with Crippen LogP contribution >= 0.6 is 11.6 Å². The van der Waals surface area contributed by atoms with Crippen molar-refractivity contribution >= 4 is 33.2 Å². The molecule has 29 heavy (non-hydrogen) atoms. The zero-order chi connectivity index (χ0) is 21.0. The minimum atomic E-state index is -3.84. The van der Waals surface area contributed by atoms with Crippen LogP contribution in [0.3, 0.4) is 0 Å². The Hall–Kier alpha value is -2.90. The van der Waals surface area contributed by atoms with Gasteiger partial charge in [0.25, 0.3) is 15.9 Å². The molecular formula is C21H18ClFN2O3S. The minimum absolute atomic E-state index is 0.0576. The maximum atomic E-state index is 13.2. The fraction of sp³-hybridized carbons (Fsp3) is 0.0952. The van der Waals surface area contributed by atoms with Crippen molar-refractivity contribution in [1.82, 2.24) is 5.32 Å². The molecule has 3 rings (SSSR count). The molecule has 0 aliphatic rings. The summed E-state index contributed by atoms with van der Waals surface area (Å²) in [6, 6.07) is 16.4. The maximum absolute atomic E-state index is 13.2. The van der Waals surface area contributed by atoms with Gasteiger partial charge in [0.1, 0.15) is 5.82 Å². The van der Waals surface area contributed by atoms with E-state index >= 15 is 0 Å². The molecule has 0 atom stereocenters. The molecule has 0 saturated heterocycles. The van der Waals surface area contributed by atoms with Crippen LogP contribution in [0.15, 0.2) is 71.6 Å². The molecule has 0 radical (unpaired) electrons. The summed E-state index contributed by atoms with van der Waals surface area (Å²) in [4.78, 5) is 12.5. The molecule has 0 spiro atoms. The Kier molecular flexibility index (Phi) is 6.20. The van der Waals surface area contributed by atoms with Crippen LogP contribution in [0.5, 0.6) is 0 Å². The van der Waals surface area contributed by atoms with Crippen LogP contribution in [0, 0.1) is 12.7 Å². The molecule has 0 bridgehead atoms. The highest BCUT2D eigenvalue weighted by atomic mass is 35.5. The Labute approximate surface area is 173 Å². The molecule has 0 aliphatic carbocycles. The third-order valence-corrected chi connectivity index (χ3v) is 5.84. The number of nitrogens with one attached hydrogen (secondary N) is 2. The molecule has 3 aromatic rings. The van der Waals surface area contributed by atoms with Gasteiger partial charge in [0.15, 0.2) is 0 Å². The molecule has 0 heterocycles. The normalized spacial score (nSPS) is 11.1. The van der Waals surface area contributed by atoms with Crippen LogP contribution in [0.1, 0.15) is 21.5 Å². The van der Waals surface area contributed by atoms with Crippen molar-refractivity contribution in [2.75, 3.05) is 4.72 Å². The SMILES string of the molecule is Cc1ccc(C(=O)NCc2cccc(F)c2)cc1NS(=O)(=O)c1ccc(Cl)cc1. The van der Waals surface area contributed by atoms with Gasteiger partial charge in [-0.15, -0.1) is 0 Å². The van der Waals surface area contributed by atoms with E-state index in [4.69, 9.17) is 11.6 Å². The van der Waals surface area contributed by atoms with Crippen LogP contribution in [0.4, 0.5) is 10.1 Å². The number of amides is 1. The van der Waals surface area contributed by atoms with E-state index < -0.39 is 15.9 Å². The Morgan fingerprint density at radius 1 is 1.03 bits per heavy atom. The number of sulfonamides is 1. The van der Waals surface area contributed by atoms with E-state index in [2.05, 4.69) is 10.0 Å². The van der Waals surface area contributed by atoms with E-state index in [1.165, 1.54) is 42.5 Å². The number of aryl methyl sites for hydroxylation is 1. The van der Waals surface area contributed by atoms with Crippen molar-refractivity contribution in [2.24, 2.45) is 0 Å². The van der Waals surface area contributed by atoms with Gasteiger partial charge in [-0.3, -0.25) is 9.52 Å². The predicted octanol–water partition coefficient (Wildman–Crippen LogP) is 4.52. The average Bonchev–Trinajstić information content (AvgIpc) is 2.68. The molecule has 8 heteroatoms. The van der Waals surface area contributed by atoms with Crippen LogP contribution in [0.25, 0.3) is 0 Å². The van der Waals surface area contributed by atoms with E-state index in [9.17, 15) is 17.6 Å². The summed E-state index contributed by atoms with van der Waals surface area (Å²) in [5.41, 5.74) is 1.84. The Balaban J connectivity index is 1.76. The van der Waals surface area contributed by atoms with Gasteiger partial charge in [-0.1, -0.05) is 29.8 Å². The molecule has 0 aromatic heterocycles. The fourth-order valence-corrected chi connectivity index (χ4v) is 3.87. The quantitative estimate of drug-likeness (QED) is 0.601. The van der Waals surface area contributed by atoms with Crippen LogP contribution in [0.2, 0.25) is 5.02 Å². The molecular weight excluding hydrogens is 415 g/mol. The van der Waals surface area contributed by atoms with Crippen LogP contribution in [-0.4, -0.2) is 14.3 Å². The second kappa shape index (κ2) is 8.63. The number of benzene rings is 3. The molecule has 150 valence electrons. The topological polar surface area (TPSA) is 75.3 Å². The van der Waals surface area contributed by atoms with Gasteiger partial charge in [0, 0.05) is 17.1 Å². The number of carbonyl (C=O) groups is 1. The van der Waals surface area contributed by atoms with E-state index in [0.29, 0.717) is 21.8 Å². The van der Waals surface area contributed by atoms with Gasteiger partial charge in [-0.2, -0.15) is 0 Å². The molecule has 2 N–H and O–H groups in total. The van der Waals surface area contributed by atoms with Gasteiger partial charge >= 0.3 is 0 Å². The summed E-state index contributed by atoms with van der Waals surface area (Å²) >= 11 is 5.80. The summed E-state index contributed by atoms with van der Waals surface area (Å²) in [6.45, 7) is 1.88. The lowest BCUT2D eigenvalue weighted by Gasteiger charge is -2.13. The fourth-order valence-electron chi connectivity index (χ4n) is 2.62. The van der Waals surface area contributed by atoms with Gasteiger partial charge in [-0.25, -0.2) is 12.8 Å². The van der Waals surface area contributed by atoms with Crippen molar-refractivity contribution in [3.63, 3.8) is 0 Å². The summed E-state index contributed by atoms with van der Waals surface area (Å²) in [6.07, 6.45) is 0. The van der Waals surface area contributed by atoms with E-state index in [1.54, 1.807) is 31.2 Å². The molecule has 0 fully saturated rings. The second-order valence-electron chi connectivity index (χ2n) is 6.40. The van der Waals surface area contributed by atoms with Gasteiger partial charge in [-0.05, 0) is 66.6 Å². The predicted molar refractivity (Wildman–Crippen MR) is 111 cm³/mol. The number of hydrogen-bond acceptors (Lipinski definition) is 3. The van der Waals surface area contributed by atoms with Gasteiger partial charge in [0.05, 0.1) is 10.6 Å². The van der Waals surface area contributed by atoms with Gasteiger partial charge in [0.2, 0.25) is 0 Å². The minimum Gasteiger partial charge on any atom is -0.348 e. The molecule has 0 aliphatic heterocycles. The van der Waals surface area contributed by atoms with Crippen molar-refractivity contribution in [1.29, 1.82) is 0 Å². The highest BCUT2D eigenvalue weighted by molar-refractivity contribution is 7.92. The highest BCUT2D eigenvalue weighted by Gasteiger charge is 2.16. The van der Waals surface area contributed by atoms with Crippen LogP contribution < -0.4 is 10.0 Å². The molecule has 3 aromatic carbocycles. The molecule has 1 amide bonds. The average molecular weight is 433 g/mol. The maximum Gasteiger partial charge on any atom is 0.261 e. The second-order valence-corrected chi connectivity index (χ2v) is 8.52. The number of carbonyl (C=O) groups excluding carboxylic acids is 1. The largest absolute Gasteiger partial charge is 0.348 e. The van der Waals surface area contributed by atoms with Crippen molar-refractivity contribution < 1.29 is 17.6 Å². The first-order valence-electron chi connectivity index (χ1n) is 8.66. The Morgan fingerprint density at radius 3 is 2.45 bits per heavy atom. The van der Waals surface area contributed by atoms with Crippen molar-refractivity contribution in [3.05, 3.63) is 94.3 Å². The number of anilines is 1. The highest BCUT2D eigenvalue weighted by Crippen LogP contribution is 2.22. The zero-order valence-corrected chi connectivity index (χ0v) is 17.0.